The first kappa shape index (κ1) is 17.8. The molecule has 0 bridgehead atoms. The molecule has 118 valence electrons. The first-order chi connectivity index (χ1) is 9.40. The van der Waals surface area contributed by atoms with Crippen molar-refractivity contribution < 1.29 is 22.7 Å². The van der Waals surface area contributed by atoms with Gasteiger partial charge in [-0.2, -0.15) is 0 Å². The zero-order valence-electron chi connectivity index (χ0n) is 11.7. The normalized spacial score (nSPS) is 13.7. The van der Waals surface area contributed by atoms with E-state index in [0.29, 0.717) is 5.69 Å². The van der Waals surface area contributed by atoms with Crippen molar-refractivity contribution in [3.05, 3.63) is 22.7 Å². The van der Waals surface area contributed by atoms with E-state index in [9.17, 15) is 18.0 Å². The molecule has 0 fully saturated rings. The molecule has 0 radical (unpaired) electrons. The lowest BCUT2D eigenvalue weighted by Gasteiger charge is -2.25. The minimum atomic E-state index is -4.78. The number of rotatable bonds is 3. The Labute approximate surface area is 129 Å². The van der Waals surface area contributed by atoms with Gasteiger partial charge in [0.25, 0.3) is 0 Å². The third-order valence-electron chi connectivity index (χ3n) is 2.64. The maximum atomic E-state index is 12.1. The molecule has 0 unspecified atom stereocenters. The fourth-order valence-electron chi connectivity index (χ4n) is 1.40. The second kappa shape index (κ2) is 6.23. The average Bonchev–Trinajstić information content (AvgIpc) is 2.29. The topological polar surface area (TPSA) is 64.4 Å². The molecule has 3 N–H and O–H groups in total. The highest BCUT2D eigenvalue weighted by atomic mass is 79.9. The number of anilines is 1. The summed E-state index contributed by atoms with van der Waals surface area (Å²) in [6, 6.07) is 2.98. The standard InChI is InChI=1S/C13H16BrF3N2O2/c1-12(2,3)10(18)11(20)19-7-4-5-9(8(14)6-7)21-13(15,16)17/h4-6,10H,18H2,1-3H3,(H,19,20)/t10-/m1/s1. The van der Waals surface area contributed by atoms with Gasteiger partial charge in [0.2, 0.25) is 5.91 Å². The molecular formula is C13H16BrF3N2O2. The van der Waals surface area contributed by atoms with E-state index in [1.165, 1.54) is 12.1 Å². The molecule has 0 saturated heterocycles. The highest BCUT2D eigenvalue weighted by Gasteiger charge is 2.32. The number of nitrogens with two attached hydrogens (primary N) is 1. The lowest BCUT2D eigenvalue weighted by Crippen LogP contribution is -2.45. The fraction of sp³-hybridized carbons (Fsp3) is 0.462. The van der Waals surface area contributed by atoms with E-state index >= 15 is 0 Å². The van der Waals surface area contributed by atoms with Gasteiger partial charge in [-0.3, -0.25) is 4.79 Å². The van der Waals surface area contributed by atoms with Gasteiger partial charge in [0.15, 0.2) is 0 Å². The zero-order chi connectivity index (χ0) is 16.4. The molecule has 1 atom stereocenters. The van der Waals surface area contributed by atoms with Crippen molar-refractivity contribution in [1.29, 1.82) is 0 Å². The predicted octanol–water partition coefficient (Wildman–Crippen LogP) is 3.66. The van der Waals surface area contributed by atoms with Gasteiger partial charge in [0.1, 0.15) is 5.75 Å². The van der Waals surface area contributed by atoms with Crippen LogP contribution >= 0.6 is 15.9 Å². The van der Waals surface area contributed by atoms with Crippen LogP contribution in [-0.4, -0.2) is 18.3 Å². The largest absolute Gasteiger partial charge is 0.573 e. The molecule has 1 aromatic carbocycles. The first-order valence-corrected chi connectivity index (χ1v) is 6.81. The summed E-state index contributed by atoms with van der Waals surface area (Å²) in [7, 11) is 0. The lowest BCUT2D eigenvalue weighted by molar-refractivity contribution is -0.274. The van der Waals surface area contributed by atoms with Gasteiger partial charge in [-0.1, -0.05) is 20.8 Å². The van der Waals surface area contributed by atoms with Gasteiger partial charge in [-0.15, -0.1) is 13.2 Å². The Balaban J connectivity index is 2.83. The number of ether oxygens (including phenoxy) is 1. The third-order valence-corrected chi connectivity index (χ3v) is 3.26. The molecule has 0 aliphatic rings. The Morgan fingerprint density at radius 2 is 1.90 bits per heavy atom. The fourth-order valence-corrected chi connectivity index (χ4v) is 1.86. The summed E-state index contributed by atoms with van der Waals surface area (Å²) in [5, 5.41) is 2.55. The predicted molar refractivity (Wildman–Crippen MR) is 76.9 cm³/mol. The summed E-state index contributed by atoms with van der Waals surface area (Å²) >= 11 is 2.96. The van der Waals surface area contributed by atoms with Gasteiger partial charge in [0, 0.05) is 5.69 Å². The molecule has 1 amide bonds. The van der Waals surface area contributed by atoms with E-state index in [-0.39, 0.29) is 10.2 Å². The van der Waals surface area contributed by atoms with Crippen molar-refractivity contribution in [2.75, 3.05) is 5.32 Å². The molecule has 0 aliphatic heterocycles. The maximum absolute atomic E-state index is 12.1. The van der Waals surface area contributed by atoms with E-state index in [1.807, 2.05) is 20.8 Å². The Hall–Kier alpha value is -1.28. The molecule has 0 aliphatic carbocycles. The van der Waals surface area contributed by atoms with Crippen molar-refractivity contribution >= 4 is 27.5 Å². The first-order valence-electron chi connectivity index (χ1n) is 6.02. The molecule has 1 aromatic rings. The highest BCUT2D eigenvalue weighted by molar-refractivity contribution is 9.10. The van der Waals surface area contributed by atoms with Crippen molar-refractivity contribution in [3.63, 3.8) is 0 Å². The minimum absolute atomic E-state index is 0.0713. The van der Waals surface area contributed by atoms with Crippen LogP contribution < -0.4 is 15.8 Å². The Morgan fingerprint density at radius 3 is 2.33 bits per heavy atom. The maximum Gasteiger partial charge on any atom is 0.573 e. The van der Waals surface area contributed by atoms with E-state index in [2.05, 4.69) is 26.0 Å². The Morgan fingerprint density at radius 1 is 1.33 bits per heavy atom. The van der Waals surface area contributed by atoms with E-state index in [1.54, 1.807) is 0 Å². The lowest BCUT2D eigenvalue weighted by atomic mass is 9.87. The van der Waals surface area contributed by atoms with Gasteiger partial charge >= 0.3 is 6.36 Å². The molecule has 0 aromatic heterocycles. The summed E-state index contributed by atoms with van der Waals surface area (Å²) in [5.41, 5.74) is 5.69. The van der Waals surface area contributed by atoms with Crippen molar-refractivity contribution in [1.82, 2.24) is 0 Å². The second-order valence-electron chi connectivity index (χ2n) is 5.53. The number of benzene rings is 1. The summed E-state index contributed by atoms with van der Waals surface area (Å²) in [5.74, 6) is -0.806. The number of halogens is 4. The average molecular weight is 369 g/mol. The van der Waals surface area contributed by atoms with Crippen LogP contribution in [0.5, 0.6) is 5.75 Å². The van der Waals surface area contributed by atoms with Crippen LogP contribution in [0.15, 0.2) is 22.7 Å². The number of hydrogen-bond donors (Lipinski definition) is 2. The van der Waals surface area contributed by atoms with Gasteiger partial charge in [0.05, 0.1) is 10.5 Å². The molecule has 0 saturated carbocycles. The monoisotopic (exact) mass is 368 g/mol. The molecule has 0 heterocycles. The Kier molecular flexibility index (Phi) is 5.27. The van der Waals surface area contributed by atoms with Crippen LogP contribution in [0, 0.1) is 5.41 Å². The molecule has 0 spiro atoms. The van der Waals surface area contributed by atoms with Crippen LogP contribution in [0.1, 0.15) is 20.8 Å². The summed E-state index contributed by atoms with van der Waals surface area (Å²) in [6.07, 6.45) is -4.78. The molecule has 1 rings (SSSR count). The summed E-state index contributed by atoms with van der Waals surface area (Å²) in [6.45, 7) is 5.44. The van der Waals surface area contributed by atoms with E-state index in [0.717, 1.165) is 6.07 Å². The third kappa shape index (κ3) is 5.55. The van der Waals surface area contributed by atoms with Gasteiger partial charge in [-0.05, 0) is 39.5 Å². The quantitative estimate of drug-likeness (QED) is 0.855. The van der Waals surface area contributed by atoms with Crippen molar-refractivity contribution in [2.24, 2.45) is 11.1 Å². The molecular weight excluding hydrogens is 353 g/mol. The molecule has 4 nitrogen and oxygen atoms in total. The smallest absolute Gasteiger partial charge is 0.405 e. The number of amides is 1. The minimum Gasteiger partial charge on any atom is -0.405 e. The highest BCUT2D eigenvalue weighted by Crippen LogP contribution is 2.32. The number of nitrogens with one attached hydrogen (secondary N) is 1. The zero-order valence-corrected chi connectivity index (χ0v) is 13.3. The Bertz CT molecular complexity index is 527. The van der Waals surface area contributed by atoms with Crippen molar-refractivity contribution in [2.45, 2.75) is 33.2 Å². The van der Waals surface area contributed by atoms with Crippen LogP contribution in [0.2, 0.25) is 0 Å². The SMILES string of the molecule is CC(C)(C)[C@H](N)C(=O)Nc1ccc(OC(F)(F)F)c(Br)c1. The second-order valence-corrected chi connectivity index (χ2v) is 6.38. The molecule has 8 heteroatoms. The number of carbonyl (C=O) groups is 1. The molecule has 21 heavy (non-hydrogen) atoms. The van der Waals surface area contributed by atoms with Crippen LogP contribution in [0.3, 0.4) is 0 Å². The number of hydrogen-bond acceptors (Lipinski definition) is 3. The van der Waals surface area contributed by atoms with Crippen molar-refractivity contribution in [3.8, 4) is 5.75 Å². The van der Waals surface area contributed by atoms with Crippen LogP contribution in [-0.2, 0) is 4.79 Å². The van der Waals surface area contributed by atoms with E-state index in [4.69, 9.17) is 5.73 Å². The van der Waals surface area contributed by atoms with Crippen LogP contribution in [0.4, 0.5) is 18.9 Å². The number of alkyl halides is 3. The summed E-state index contributed by atoms with van der Waals surface area (Å²) < 4.78 is 40.3. The summed E-state index contributed by atoms with van der Waals surface area (Å²) in [4.78, 5) is 11.9. The van der Waals surface area contributed by atoms with Gasteiger partial charge in [-0.25, -0.2) is 0 Å². The van der Waals surface area contributed by atoms with E-state index < -0.39 is 23.7 Å². The van der Waals surface area contributed by atoms with Gasteiger partial charge < -0.3 is 15.8 Å². The number of carbonyl (C=O) groups excluding carboxylic acids is 1. The van der Waals surface area contributed by atoms with Crippen LogP contribution in [0.25, 0.3) is 0 Å².